The SMILES string of the molecule is CS(=O)(=O)N1CCCC1C(=O)N1CCCN(Cc2ccc(C#N)cc2)CC1. The summed E-state index contributed by atoms with van der Waals surface area (Å²) in [5, 5.41) is 8.89. The fourth-order valence-corrected chi connectivity index (χ4v) is 5.01. The molecule has 3 rings (SSSR count). The van der Waals surface area contributed by atoms with Crippen LogP contribution in [0, 0.1) is 11.3 Å². The number of rotatable bonds is 4. The van der Waals surface area contributed by atoms with Crippen LogP contribution in [0.1, 0.15) is 30.4 Å². The zero-order valence-electron chi connectivity index (χ0n) is 15.7. The number of benzene rings is 1. The number of carbonyl (C=O) groups excluding carboxylic acids is 1. The lowest BCUT2D eigenvalue weighted by Gasteiger charge is -2.28. The van der Waals surface area contributed by atoms with Crippen LogP contribution >= 0.6 is 0 Å². The summed E-state index contributed by atoms with van der Waals surface area (Å²) in [5.41, 5.74) is 1.80. The molecule has 2 aliphatic heterocycles. The van der Waals surface area contributed by atoms with E-state index in [2.05, 4.69) is 11.0 Å². The van der Waals surface area contributed by atoms with Crippen molar-refractivity contribution in [1.29, 1.82) is 5.26 Å². The Kier molecular flexibility index (Phi) is 6.15. The summed E-state index contributed by atoms with van der Waals surface area (Å²) >= 11 is 0. The second-order valence-corrected chi connectivity index (χ2v) is 9.23. The van der Waals surface area contributed by atoms with Gasteiger partial charge in [-0.25, -0.2) is 8.42 Å². The van der Waals surface area contributed by atoms with Gasteiger partial charge < -0.3 is 4.90 Å². The van der Waals surface area contributed by atoms with Crippen molar-refractivity contribution in [3.63, 3.8) is 0 Å². The monoisotopic (exact) mass is 390 g/mol. The van der Waals surface area contributed by atoms with Crippen LogP contribution in [0.2, 0.25) is 0 Å². The van der Waals surface area contributed by atoms with Gasteiger partial charge in [0, 0.05) is 39.3 Å². The highest BCUT2D eigenvalue weighted by Gasteiger charge is 2.38. The van der Waals surface area contributed by atoms with Crippen molar-refractivity contribution in [3.8, 4) is 6.07 Å². The van der Waals surface area contributed by atoms with Gasteiger partial charge >= 0.3 is 0 Å². The number of carbonyl (C=O) groups is 1. The molecular weight excluding hydrogens is 364 g/mol. The number of nitrogens with zero attached hydrogens (tertiary/aromatic N) is 4. The minimum absolute atomic E-state index is 0.0573. The Bertz CT molecular complexity index is 816. The molecule has 0 bridgehead atoms. The average Bonchev–Trinajstić information content (AvgIpc) is 3.04. The molecule has 0 aromatic heterocycles. The van der Waals surface area contributed by atoms with E-state index in [4.69, 9.17) is 5.26 Å². The van der Waals surface area contributed by atoms with Crippen LogP contribution in [-0.2, 0) is 21.4 Å². The Balaban J connectivity index is 1.59. The summed E-state index contributed by atoms with van der Waals surface area (Å²) in [4.78, 5) is 17.0. The molecule has 0 saturated carbocycles. The number of amides is 1. The van der Waals surface area contributed by atoms with E-state index in [-0.39, 0.29) is 5.91 Å². The maximum absolute atomic E-state index is 12.9. The maximum Gasteiger partial charge on any atom is 0.241 e. The molecule has 1 amide bonds. The zero-order valence-corrected chi connectivity index (χ0v) is 16.5. The number of hydrogen-bond acceptors (Lipinski definition) is 5. The van der Waals surface area contributed by atoms with Crippen LogP contribution in [0.25, 0.3) is 0 Å². The van der Waals surface area contributed by atoms with Gasteiger partial charge in [0.05, 0.1) is 17.9 Å². The molecule has 0 spiro atoms. The van der Waals surface area contributed by atoms with Gasteiger partial charge in [-0.2, -0.15) is 9.57 Å². The second-order valence-electron chi connectivity index (χ2n) is 7.30. The third-order valence-electron chi connectivity index (χ3n) is 5.30. The molecule has 2 heterocycles. The fraction of sp³-hybridized carbons (Fsp3) is 0.579. The van der Waals surface area contributed by atoms with E-state index in [0.717, 1.165) is 38.0 Å². The van der Waals surface area contributed by atoms with E-state index < -0.39 is 16.1 Å². The van der Waals surface area contributed by atoms with Crippen molar-refractivity contribution in [2.24, 2.45) is 0 Å². The van der Waals surface area contributed by atoms with Crippen LogP contribution in [0.15, 0.2) is 24.3 Å². The quantitative estimate of drug-likeness (QED) is 0.766. The van der Waals surface area contributed by atoms with Gasteiger partial charge in [-0.15, -0.1) is 0 Å². The normalized spacial score (nSPS) is 22.4. The summed E-state index contributed by atoms with van der Waals surface area (Å²) in [6.45, 7) is 4.15. The van der Waals surface area contributed by atoms with Crippen molar-refractivity contribution in [3.05, 3.63) is 35.4 Å². The van der Waals surface area contributed by atoms with Gasteiger partial charge in [-0.05, 0) is 37.0 Å². The molecule has 2 fully saturated rings. The fourth-order valence-electron chi connectivity index (χ4n) is 3.89. The first-order chi connectivity index (χ1) is 12.9. The van der Waals surface area contributed by atoms with Gasteiger partial charge in [-0.3, -0.25) is 9.69 Å². The molecule has 1 aromatic rings. The Morgan fingerprint density at radius 1 is 1.11 bits per heavy atom. The summed E-state index contributed by atoms with van der Waals surface area (Å²) < 4.78 is 25.2. The summed E-state index contributed by atoms with van der Waals surface area (Å²) in [5.74, 6) is -0.0573. The van der Waals surface area contributed by atoms with E-state index >= 15 is 0 Å². The van der Waals surface area contributed by atoms with Crippen LogP contribution in [0.4, 0.5) is 0 Å². The Morgan fingerprint density at radius 3 is 2.52 bits per heavy atom. The first-order valence-electron chi connectivity index (χ1n) is 9.35. The van der Waals surface area contributed by atoms with Crippen molar-refractivity contribution in [1.82, 2.24) is 14.1 Å². The minimum Gasteiger partial charge on any atom is -0.340 e. The molecule has 0 N–H and O–H groups in total. The van der Waals surface area contributed by atoms with Gasteiger partial charge in [0.1, 0.15) is 6.04 Å². The van der Waals surface area contributed by atoms with E-state index in [9.17, 15) is 13.2 Å². The van der Waals surface area contributed by atoms with E-state index in [1.165, 1.54) is 10.6 Å². The number of hydrogen-bond donors (Lipinski definition) is 0. The zero-order chi connectivity index (χ0) is 19.4. The van der Waals surface area contributed by atoms with Crippen LogP contribution in [0.5, 0.6) is 0 Å². The Morgan fingerprint density at radius 2 is 1.85 bits per heavy atom. The van der Waals surface area contributed by atoms with Gasteiger partial charge in [-0.1, -0.05) is 12.1 Å². The first-order valence-corrected chi connectivity index (χ1v) is 11.2. The smallest absolute Gasteiger partial charge is 0.241 e. The predicted molar refractivity (Wildman–Crippen MR) is 102 cm³/mol. The molecule has 2 saturated heterocycles. The van der Waals surface area contributed by atoms with Gasteiger partial charge in [0.25, 0.3) is 0 Å². The maximum atomic E-state index is 12.9. The molecule has 0 radical (unpaired) electrons. The van der Waals surface area contributed by atoms with Gasteiger partial charge in [0.15, 0.2) is 0 Å². The van der Waals surface area contributed by atoms with Crippen LogP contribution in [0.3, 0.4) is 0 Å². The lowest BCUT2D eigenvalue weighted by Crippen LogP contribution is -2.48. The molecule has 2 aliphatic rings. The largest absolute Gasteiger partial charge is 0.340 e. The van der Waals surface area contributed by atoms with Crippen LogP contribution in [-0.4, -0.2) is 73.5 Å². The third kappa shape index (κ3) is 4.86. The number of sulfonamides is 1. The molecule has 7 nitrogen and oxygen atoms in total. The Labute approximate surface area is 161 Å². The molecular formula is C19H26N4O3S. The highest BCUT2D eigenvalue weighted by molar-refractivity contribution is 7.88. The van der Waals surface area contributed by atoms with E-state index in [0.29, 0.717) is 31.6 Å². The summed E-state index contributed by atoms with van der Waals surface area (Å²) in [6, 6.07) is 9.16. The third-order valence-corrected chi connectivity index (χ3v) is 6.59. The molecule has 1 atom stereocenters. The molecule has 146 valence electrons. The standard InChI is InChI=1S/C19H26N4O3S/c1-27(25,26)23-11-2-4-18(23)19(24)22-10-3-9-21(12-13-22)15-17-7-5-16(14-20)6-8-17/h5-8,18H,2-4,9-13,15H2,1H3. The highest BCUT2D eigenvalue weighted by Crippen LogP contribution is 2.23. The second kappa shape index (κ2) is 8.38. The van der Waals surface area contributed by atoms with Crippen molar-refractivity contribution in [2.75, 3.05) is 39.0 Å². The molecule has 0 aliphatic carbocycles. The van der Waals surface area contributed by atoms with Crippen molar-refractivity contribution < 1.29 is 13.2 Å². The summed E-state index contributed by atoms with van der Waals surface area (Å²) in [7, 11) is -3.35. The molecule has 27 heavy (non-hydrogen) atoms. The predicted octanol–water partition coefficient (Wildman–Crippen LogP) is 1.02. The molecule has 8 heteroatoms. The highest BCUT2D eigenvalue weighted by atomic mass is 32.2. The van der Waals surface area contributed by atoms with Gasteiger partial charge in [0.2, 0.25) is 15.9 Å². The van der Waals surface area contributed by atoms with Crippen molar-refractivity contribution in [2.45, 2.75) is 31.8 Å². The molecule has 1 unspecified atom stereocenters. The van der Waals surface area contributed by atoms with E-state index in [1.807, 2.05) is 29.2 Å². The lowest BCUT2D eigenvalue weighted by atomic mass is 10.1. The number of nitriles is 1. The van der Waals surface area contributed by atoms with Crippen molar-refractivity contribution >= 4 is 15.9 Å². The lowest BCUT2D eigenvalue weighted by molar-refractivity contribution is -0.134. The Hall–Kier alpha value is -1.95. The topological polar surface area (TPSA) is 84.7 Å². The average molecular weight is 391 g/mol. The molecule has 1 aromatic carbocycles. The first kappa shape index (κ1) is 19.8. The minimum atomic E-state index is -3.35. The van der Waals surface area contributed by atoms with E-state index in [1.54, 1.807) is 0 Å². The summed E-state index contributed by atoms with van der Waals surface area (Å²) in [6.07, 6.45) is 3.40. The van der Waals surface area contributed by atoms with Crippen LogP contribution < -0.4 is 0 Å².